The van der Waals surface area contributed by atoms with Gasteiger partial charge in [-0.2, -0.15) is 0 Å². The van der Waals surface area contributed by atoms with Crippen LogP contribution in [0.4, 0.5) is 0 Å². The molecule has 0 saturated heterocycles. The van der Waals surface area contributed by atoms with Crippen molar-refractivity contribution in [2.45, 2.75) is 72.6 Å². The Hall–Kier alpha value is -0.0400. The Labute approximate surface area is 109 Å². The van der Waals surface area contributed by atoms with Crippen molar-refractivity contribution in [3.8, 4) is 0 Å². The fourth-order valence-corrected chi connectivity index (χ4v) is 3.54. The molecule has 0 aromatic heterocycles. The Balaban J connectivity index is 2.39. The molecule has 0 spiro atoms. The van der Waals surface area contributed by atoms with Crippen LogP contribution in [0.5, 0.6) is 0 Å². The van der Waals surface area contributed by atoms with Gasteiger partial charge in [0.15, 0.2) is 0 Å². The SMILES string of the molecule is CCCC(C)CC1(CNCC(C)C)CCCC1. The van der Waals surface area contributed by atoms with Crippen molar-refractivity contribution < 1.29 is 0 Å². The van der Waals surface area contributed by atoms with Crippen molar-refractivity contribution in [3.63, 3.8) is 0 Å². The van der Waals surface area contributed by atoms with E-state index in [1.807, 2.05) is 0 Å². The van der Waals surface area contributed by atoms with Crippen LogP contribution in [0.2, 0.25) is 0 Å². The molecule has 1 rings (SSSR count). The third kappa shape index (κ3) is 5.42. The molecule has 0 aromatic rings. The van der Waals surface area contributed by atoms with Crippen LogP contribution in [-0.4, -0.2) is 13.1 Å². The van der Waals surface area contributed by atoms with Gasteiger partial charge in [0.1, 0.15) is 0 Å². The van der Waals surface area contributed by atoms with E-state index in [0.717, 1.165) is 11.8 Å². The molecule has 1 aliphatic carbocycles. The normalized spacial score (nSPS) is 21.0. The molecule has 1 N–H and O–H groups in total. The zero-order valence-corrected chi connectivity index (χ0v) is 12.5. The molecule has 0 bridgehead atoms. The number of hydrogen-bond donors (Lipinski definition) is 1. The van der Waals surface area contributed by atoms with Gasteiger partial charge in [0, 0.05) is 6.54 Å². The second-order valence-electron chi connectivity index (χ2n) is 6.83. The van der Waals surface area contributed by atoms with Crippen LogP contribution in [0, 0.1) is 17.3 Å². The fraction of sp³-hybridized carbons (Fsp3) is 1.00. The van der Waals surface area contributed by atoms with Gasteiger partial charge in [0.2, 0.25) is 0 Å². The third-order valence-corrected chi connectivity index (χ3v) is 4.28. The summed E-state index contributed by atoms with van der Waals surface area (Å²) >= 11 is 0. The van der Waals surface area contributed by atoms with E-state index in [0.29, 0.717) is 5.41 Å². The van der Waals surface area contributed by atoms with E-state index in [-0.39, 0.29) is 0 Å². The first-order valence-electron chi connectivity index (χ1n) is 7.79. The summed E-state index contributed by atoms with van der Waals surface area (Å²) in [6.07, 6.45) is 10.1. The average molecular weight is 239 g/mol. The lowest BCUT2D eigenvalue weighted by atomic mass is 9.77. The minimum Gasteiger partial charge on any atom is -0.316 e. The lowest BCUT2D eigenvalue weighted by Crippen LogP contribution is -2.35. The summed E-state index contributed by atoms with van der Waals surface area (Å²) in [6, 6.07) is 0. The van der Waals surface area contributed by atoms with Crippen molar-refractivity contribution in [1.82, 2.24) is 5.32 Å². The monoisotopic (exact) mass is 239 g/mol. The highest BCUT2D eigenvalue weighted by molar-refractivity contribution is 4.88. The molecular formula is C16H33N. The van der Waals surface area contributed by atoms with Crippen LogP contribution in [0.25, 0.3) is 0 Å². The molecule has 1 aliphatic rings. The lowest BCUT2D eigenvalue weighted by Gasteiger charge is -2.32. The highest BCUT2D eigenvalue weighted by atomic mass is 14.9. The number of nitrogens with one attached hydrogen (secondary N) is 1. The largest absolute Gasteiger partial charge is 0.316 e. The zero-order chi connectivity index (χ0) is 12.7. The van der Waals surface area contributed by atoms with Crippen molar-refractivity contribution in [2.75, 3.05) is 13.1 Å². The van der Waals surface area contributed by atoms with Gasteiger partial charge in [-0.05, 0) is 43.1 Å². The first kappa shape index (κ1) is 15.0. The van der Waals surface area contributed by atoms with E-state index in [2.05, 4.69) is 33.0 Å². The van der Waals surface area contributed by atoms with Gasteiger partial charge in [0.05, 0.1) is 0 Å². The van der Waals surface area contributed by atoms with E-state index < -0.39 is 0 Å². The Morgan fingerprint density at radius 3 is 2.29 bits per heavy atom. The van der Waals surface area contributed by atoms with Crippen molar-refractivity contribution in [2.24, 2.45) is 17.3 Å². The van der Waals surface area contributed by atoms with Crippen LogP contribution < -0.4 is 5.32 Å². The number of rotatable bonds is 8. The van der Waals surface area contributed by atoms with E-state index in [1.165, 1.54) is 58.0 Å². The van der Waals surface area contributed by atoms with Gasteiger partial charge in [-0.3, -0.25) is 0 Å². The molecule has 0 aromatic carbocycles. The number of hydrogen-bond acceptors (Lipinski definition) is 1. The standard InChI is InChI=1S/C16H33N/c1-5-8-15(4)11-16(9-6-7-10-16)13-17-12-14(2)3/h14-15,17H,5-13H2,1-4H3. The Morgan fingerprint density at radius 2 is 1.76 bits per heavy atom. The van der Waals surface area contributed by atoms with Crippen molar-refractivity contribution in [3.05, 3.63) is 0 Å². The molecule has 102 valence electrons. The molecule has 1 nitrogen and oxygen atoms in total. The molecule has 0 amide bonds. The second-order valence-corrected chi connectivity index (χ2v) is 6.83. The van der Waals surface area contributed by atoms with Crippen molar-refractivity contribution in [1.29, 1.82) is 0 Å². The van der Waals surface area contributed by atoms with Crippen molar-refractivity contribution >= 4 is 0 Å². The van der Waals surface area contributed by atoms with Gasteiger partial charge in [-0.25, -0.2) is 0 Å². The zero-order valence-electron chi connectivity index (χ0n) is 12.5. The summed E-state index contributed by atoms with van der Waals surface area (Å²) in [4.78, 5) is 0. The summed E-state index contributed by atoms with van der Waals surface area (Å²) in [5, 5.41) is 3.72. The average Bonchev–Trinajstić information content (AvgIpc) is 2.66. The maximum atomic E-state index is 3.72. The molecule has 1 fully saturated rings. The fourth-order valence-electron chi connectivity index (χ4n) is 3.54. The molecule has 17 heavy (non-hydrogen) atoms. The lowest BCUT2D eigenvalue weighted by molar-refractivity contribution is 0.209. The first-order valence-corrected chi connectivity index (χ1v) is 7.79. The summed E-state index contributed by atoms with van der Waals surface area (Å²) in [6.45, 7) is 11.8. The van der Waals surface area contributed by atoms with E-state index in [9.17, 15) is 0 Å². The summed E-state index contributed by atoms with van der Waals surface area (Å²) in [5.41, 5.74) is 0.642. The van der Waals surface area contributed by atoms with Crippen LogP contribution in [0.3, 0.4) is 0 Å². The van der Waals surface area contributed by atoms with Crippen LogP contribution in [-0.2, 0) is 0 Å². The smallest absolute Gasteiger partial charge is 0.000802 e. The Kier molecular flexibility index (Phi) is 6.54. The molecular weight excluding hydrogens is 206 g/mol. The maximum Gasteiger partial charge on any atom is 0.000802 e. The topological polar surface area (TPSA) is 12.0 Å². The Bertz CT molecular complexity index is 192. The predicted molar refractivity (Wildman–Crippen MR) is 77.3 cm³/mol. The highest BCUT2D eigenvalue weighted by Gasteiger charge is 2.34. The molecule has 1 heteroatoms. The quantitative estimate of drug-likeness (QED) is 0.652. The van der Waals surface area contributed by atoms with Gasteiger partial charge in [0.25, 0.3) is 0 Å². The first-order chi connectivity index (χ1) is 8.08. The molecule has 0 aliphatic heterocycles. The minimum absolute atomic E-state index is 0.642. The maximum absolute atomic E-state index is 3.72. The van der Waals surface area contributed by atoms with E-state index >= 15 is 0 Å². The summed E-state index contributed by atoms with van der Waals surface area (Å²) in [5.74, 6) is 1.69. The van der Waals surface area contributed by atoms with Crippen LogP contribution in [0.15, 0.2) is 0 Å². The molecule has 1 atom stereocenters. The highest BCUT2D eigenvalue weighted by Crippen LogP contribution is 2.43. The summed E-state index contributed by atoms with van der Waals surface area (Å²) < 4.78 is 0. The molecule has 1 saturated carbocycles. The van der Waals surface area contributed by atoms with Crippen LogP contribution in [0.1, 0.15) is 72.6 Å². The summed E-state index contributed by atoms with van der Waals surface area (Å²) in [7, 11) is 0. The van der Waals surface area contributed by atoms with Gasteiger partial charge in [-0.1, -0.05) is 53.4 Å². The van der Waals surface area contributed by atoms with E-state index in [1.54, 1.807) is 0 Å². The van der Waals surface area contributed by atoms with Gasteiger partial charge < -0.3 is 5.32 Å². The molecule has 0 heterocycles. The Morgan fingerprint density at radius 1 is 1.12 bits per heavy atom. The van der Waals surface area contributed by atoms with E-state index in [4.69, 9.17) is 0 Å². The van der Waals surface area contributed by atoms with Gasteiger partial charge >= 0.3 is 0 Å². The second kappa shape index (κ2) is 7.41. The van der Waals surface area contributed by atoms with Crippen LogP contribution >= 0.6 is 0 Å². The molecule has 1 unspecified atom stereocenters. The molecule has 0 radical (unpaired) electrons. The predicted octanol–water partition coefficient (Wildman–Crippen LogP) is 4.62. The van der Waals surface area contributed by atoms with Gasteiger partial charge in [-0.15, -0.1) is 0 Å². The minimum atomic E-state index is 0.642. The third-order valence-electron chi connectivity index (χ3n) is 4.28.